The molecule has 0 aromatic heterocycles. The van der Waals surface area contributed by atoms with E-state index in [0.29, 0.717) is 6.29 Å². The van der Waals surface area contributed by atoms with E-state index in [-0.39, 0.29) is 43.5 Å². The molecule has 32 heavy (non-hydrogen) atoms. The lowest BCUT2D eigenvalue weighted by Gasteiger charge is -2.11. The first kappa shape index (κ1) is 22.6. The van der Waals surface area contributed by atoms with Crippen LogP contribution in [0.25, 0.3) is 0 Å². The summed E-state index contributed by atoms with van der Waals surface area (Å²) in [6, 6.07) is 22.9. The van der Waals surface area contributed by atoms with E-state index in [1.54, 1.807) is 0 Å². The Bertz CT molecular complexity index is 955. The van der Waals surface area contributed by atoms with Gasteiger partial charge in [0.15, 0.2) is 13.2 Å². The van der Waals surface area contributed by atoms with Gasteiger partial charge < -0.3 is 18.9 Å². The van der Waals surface area contributed by atoms with E-state index in [4.69, 9.17) is 18.9 Å². The Hall–Kier alpha value is -4.13. The molecule has 0 fully saturated rings. The standard InChI is InChI=1S/C25H22O7/c26-14-21-11-22(29-17-24(27)31-15-19-7-3-1-4-8-19)13-23(12-21)30-18-25(28)32-16-20-9-5-2-6-10-20/h1-14H,15-18H2. The van der Waals surface area contributed by atoms with E-state index < -0.39 is 11.9 Å². The second-order valence-electron chi connectivity index (χ2n) is 6.73. The van der Waals surface area contributed by atoms with Gasteiger partial charge in [0.25, 0.3) is 0 Å². The van der Waals surface area contributed by atoms with Crippen LogP contribution in [0.15, 0.2) is 78.9 Å². The second kappa shape index (κ2) is 11.9. The molecule has 0 spiro atoms. The van der Waals surface area contributed by atoms with Crippen LogP contribution in [0.3, 0.4) is 0 Å². The van der Waals surface area contributed by atoms with Crippen LogP contribution in [0.1, 0.15) is 21.5 Å². The van der Waals surface area contributed by atoms with Gasteiger partial charge >= 0.3 is 11.9 Å². The highest BCUT2D eigenvalue weighted by atomic mass is 16.6. The average molecular weight is 434 g/mol. The molecule has 3 aromatic carbocycles. The first-order chi connectivity index (χ1) is 15.6. The summed E-state index contributed by atoms with van der Waals surface area (Å²) in [6.07, 6.45) is 0.612. The normalized spacial score (nSPS) is 10.1. The minimum absolute atomic E-state index is 0.136. The molecule has 0 aliphatic heterocycles. The molecule has 3 rings (SSSR count). The quantitative estimate of drug-likeness (QED) is 0.336. The predicted molar refractivity (Wildman–Crippen MR) is 115 cm³/mol. The van der Waals surface area contributed by atoms with Crippen molar-refractivity contribution in [2.75, 3.05) is 13.2 Å². The van der Waals surface area contributed by atoms with Crippen molar-refractivity contribution in [2.24, 2.45) is 0 Å². The van der Waals surface area contributed by atoms with Gasteiger partial charge in [-0.05, 0) is 23.3 Å². The number of aldehydes is 1. The van der Waals surface area contributed by atoms with Crippen molar-refractivity contribution in [1.82, 2.24) is 0 Å². The third-order valence-electron chi connectivity index (χ3n) is 4.24. The largest absolute Gasteiger partial charge is 0.482 e. The monoisotopic (exact) mass is 434 g/mol. The van der Waals surface area contributed by atoms with Gasteiger partial charge in [-0.25, -0.2) is 9.59 Å². The third kappa shape index (κ3) is 7.60. The van der Waals surface area contributed by atoms with Crippen molar-refractivity contribution in [3.63, 3.8) is 0 Å². The Morgan fingerprint density at radius 2 is 1.09 bits per heavy atom. The number of carbonyl (C=O) groups is 3. The van der Waals surface area contributed by atoms with Gasteiger partial charge in [0, 0.05) is 11.6 Å². The number of benzene rings is 3. The summed E-state index contributed by atoms with van der Waals surface area (Å²) in [4.78, 5) is 35.1. The van der Waals surface area contributed by atoms with Crippen molar-refractivity contribution in [3.8, 4) is 11.5 Å². The molecule has 7 nitrogen and oxygen atoms in total. The van der Waals surface area contributed by atoms with E-state index in [0.717, 1.165) is 11.1 Å². The number of carbonyl (C=O) groups excluding carboxylic acids is 3. The van der Waals surface area contributed by atoms with Gasteiger partial charge in [-0.15, -0.1) is 0 Å². The molecule has 164 valence electrons. The van der Waals surface area contributed by atoms with Gasteiger partial charge in [0.05, 0.1) is 0 Å². The summed E-state index contributed by atoms with van der Waals surface area (Å²) >= 11 is 0. The molecule has 3 aromatic rings. The zero-order valence-electron chi connectivity index (χ0n) is 17.3. The van der Waals surface area contributed by atoms with E-state index in [2.05, 4.69) is 0 Å². The molecule has 0 amide bonds. The lowest BCUT2D eigenvalue weighted by atomic mass is 10.2. The summed E-state index contributed by atoms with van der Waals surface area (Å²) in [5, 5.41) is 0. The molecule has 0 heterocycles. The highest BCUT2D eigenvalue weighted by molar-refractivity contribution is 5.77. The molecule has 0 aliphatic carbocycles. The van der Waals surface area contributed by atoms with E-state index in [9.17, 15) is 14.4 Å². The van der Waals surface area contributed by atoms with Crippen LogP contribution < -0.4 is 9.47 Å². The highest BCUT2D eigenvalue weighted by Crippen LogP contribution is 2.22. The van der Waals surface area contributed by atoms with Gasteiger partial charge in [-0.1, -0.05) is 60.7 Å². The zero-order chi connectivity index (χ0) is 22.6. The van der Waals surface area contributed by atoms with E-state index in [1.165, 1.54) is 18.2 Å². The Kier molecular flexibility index (Phi) is 8.39. The van der Waals surface area contributed by atoms with Gasteiger partial charge in [0.2, 0.25) is 0 Å². The molecule has 0 saturated heterocycles. The fourth-order valence-electron chi connectivity index (χ4n) is 2.67. The van der Waals surface area contributed by atoms with Crippen molar-refractivity contribution in [2.45, 2.75) is 13.2 Å². The van der Waals surface area contributed by atoms with Crippen LogP contribution in [-0.2, 0) is 32.3 Å². The Labute approximate surface area is 185 Å². The number of hydrogen-bond donors (Lipinski definition) is 0. The molecular formula is C25H22O7. The van der Waals surface area contributed by atoms with Crippen molar-refractivity contribution >= 4 is 18.2 Å². The summed E-state index contributed by atoms with van der Waals surface area (Å²) in [5.74, 6) is -0.646. The molecule has 0 saturated carbocycles. The minimum atomic E-state index is -0.558. The van der Waals surface area contributed by atoms with Crippen molar-refractivity contribution in [1.29, 1.82) is 0 Å². The second-order valence-corrected chi connectivity index (χ2v) is 6.73. The topological polar surface area (TPSA) is 88.1 Å². The summed E-state index contributed by atoms with van der Waals surface area (Å²) in [5.41, 5.74) is 1.99. The van der Waals surface area contributed by atoms with Crippen LogP contribution >= 0.6 is 0 Å². The lowest BCUT2D eigenvalue weighted by Crippen LogP contribution is -2.16. The predicted octanol–water partition coefficient (Wildman–Crippen LogP) is 3.74. The number of esters is 2. The van der Waals surface area contributed by atoms with E-state index in [1.807, 2.05) is 60.7 Å². The Balaban J connectivity index is 1.48. The lowest BCUT2D eigenvalue weighted by molar-refractivity contribution is -0.148. The maximum atomic E-state index is 11.9. The van der Waals surface area contributed by atoms with Crippen LogP contribution in [0.5, 0.6) is 11.5 Å². The zero-order valence-corrected chi connectivity index (χ0v) is 17.3. The number of hydrogen-bond acceptors (Lipinski definition) is 7. The Morgan fingerprint density at radius 1 is 0.656 bits per heavy atom. The van der Waals surface area contributed by atoms with Crippen molar-refractivity contribution < 1.29 is 33.3 Å². The number of rotatable bonds is 11. The molecule has 0 bridgehead atoms. The molecule has 0 unspecified atom stereocenters. The van der Waals surface area contributed by atoms with Crippen LogP contribution in [0, 0.1) is 0 Å². The van der Waals surface area contributed by atoms with Crippen LogP contribution in [0.4, 0.5) is 0 Å². The third-order valence-corrected chi connectivity index (χ3v) is 4.24. The van der Waals surface area contributed by atoms with Crippen molar-refractivity contribution in [3.05, 3.63) is 95.6 Å². The maximum Gasteiger partial charge on any atom is 0.344 e. The fraction of sp³-hybridized carbons (Fsp3) is 0.160. The van der Waals surface area contributed by atoms with Gasteiger partial charge in [-0.2, -0.15) is 0 Å². The maximum absolute atomic E-state index is 11.9. The molecule has 0 N–H and O–H groups in total. The summed E-state index contributed by atoms with van der Waals surface area (Å²) < 4.78 is 21.1. The highest BCUT2D eigenvalue weighted by Gasteiger charge is 2.10. The minimum Gasteiger partial charge on any atom is -0.482 e. The molecular weight excluding hydrogens is 412 g/mol. The van der Waals surface area contributed by atoms with Crippen LogP contribution in [-0.4, -0.2) is 31.4 Å². The molecule has 0 radical (unpaired) electrons. The molecule has 7 heteroatoms. The first-order valence-corrected chi connectivity index (χ1v) is 9.87. The average Bonchev–Trinajstić information content (AvgIpc) is 2.84. The first-order valence-electron chi connectivity index (χ1n) is 9.87. The summed E-state index contributed by atoms with van der Waals surface area (Å²) in [7, 11) is 0. The van der Waals surface area contributed by atoms with Gasteiger partial charge in [0.1, 0.15) is 31.0 Å². The molecule has 0 atom stereocenters. The van der Waals surface area contributed by atoms with Gasteiger partial charge in [-0.3, -0.25) is 4.79 Å². The Morgan fingerprint density at radius 3 is 1.50 bits per heavy atom. The van der Waals surface area contributed by atoms with E-state index >= 15 is 0 Å². The SMILES string of the molecule is O=Cc1cc(OCC(=O)OCc2ccccc2)cc(OCC(=O)OCc2ccccc2)c1. The van der Waals surface area contributed by atoms with Crippen LogP contribution in [0.2, 0.25) is 0 Å². The molecule has 0 aliphatic rings. The summed E-state index contributed by atoms with van der Waals surface area (Å²) in [6.45, 7) is -0.408. The smallest absolute Gasteiger partial charge is 0.344 e. The number of ether oxygens (including phenoxy) is 4. The fourth-order valence-corrected chi connectivity index (χ4v) is 2.67.